The van der Waals surface area contributed by atoms with E-state index in [1.165, 1.54) is 6.92 Å². The van der Waals surface area contributed by atoms with Gasteiger partial charge in [-0.2, -0.15) is 0 Å². The third-order valence-electron chi connectivity index (χ3n) is 5.35. The number of esters is 1. The van der Waals surface area contributed by atoms with E-state index in [2.05, 4.69) is 5.32 Å². The molecule has 1 aliphatic heterocycles. The normalized spacial score (nSPS) is 22.6. The Hall–Kier alpha value is -2.41. The molecule has 0 radical (unpaired) electrons. The molecule has 150 valence electrons. The molecule has 1 heterocycles. The summed E-state index contributed by atoms with van der Waals surface area (Å²) in [7, 11) is 0. The van der Waals surface area contributed by atoms with Gasteiger partial charge in [0.05, 0.1) is 11.8 Å². The minimum atomic E-state index is -1.03. The molecule has 1 aliphatic carbocycles. The second kappa shape index (κ2) is 8.73. The highest BCUT2D eigenvalue weighted by atomic mass is 35.5. The van der Waals surface area contributed by atoms with Crippen LogP contribution in [0.5, 0.6) is 0 Å². The quantitative estimate of drug-likeness (QED) is 0.576. The van der Waals surface area contributed by atoms with Crippen molar-refractivity contribution >= 4 is 35.3 Å². The number of likely N-dealkylation sites (tertiary alicyclic amines) is 1. The molecule has 3 amide bonds. The van der Waals surface area contributed by atoms with Gasteiger partial charge < -0.3 is 10.1 Å². The van der Waals surface area contributed by atoms with Crippen LogP contribution in [0.15, 0.2) is 24.3 Å². The first kappa shape index (κ1) is 20.3. The highest BCUT2D eigenvalue weighted by Crippen LogP contribution is 2.38. The Balaban J connectivity index is 1.48. The van der Waals surface area contributed by atoms with Gasteiger partial charge in [-0.05, 0) is 37.5 Å². The van der Waals surface area contributed by atoms with Crippen molar-refractivity contribution < 1.29 is 23.9 Å². The molecule has 3 rings (SSSR count). The van der Waals surface area contributed by atoms with Gasteiger partial charge in [-0.25, -0.2) is 4.79 Å². The Labute approximate surface area is 168 Å². The number of nitrogens with zero attached hydrogens (tertiary/aromatic N) is 1. The standard InChI is InChI=1S/C20H23ClN2O5/c1-12(23-18(25)15-4-2-3-5-16(15)19(23)26)20(27)28-11-17(24)22-10-13-6-8-14(21)9-7-13/h6-9,12,15-16H,2-5,10-11H2,1H3,(H,22,24)/t12-,15+,16+/m0/s1. The summed E-state index contributed by atoms with van der Waals surface area (Å²) in [6.45, 7) is 1.26. The maximum absolute atomic E-state index is 12.5. The van der Waals surface area contributed by atoms with Crippen LogP contribution in [0, 0.1) is 11.8 Å². The molecule has 1 saturated heterocycles. The number of halogens is 1. The van der Waals surface area contributed by atoms with Crippen molar-refractivity contribution in [1.82, 2.24) is 10.2 Å². The van der Waals surface area contributed by atoms with Gasteiger partial charge in [0.15, 0.2) is 6.61 Å². The summed E-state index contributed by atoms with van der Waals surface area (Å²) in [5.74, 6) is -2.47. The van der Waals surface area contributed by atoms with Gasteiger partial charge in [0.1, 0.15) is 6.04 Å². The summed E-state index contributed by atoms with van der Waals surface area (Å²) in [5, 5.41) is 3.23. The molecule has 8 heteroatoms. The van der Waals surface area contributed by atoms with Crippen molar-refractivity contribution in [2.45, 2.75) is 45.2 Å². The lowest BCUT2D eigenvalue weighted by atomic mass is 9.81. The Bertz CT molecular complexity index is 755. The predicted molar refractivity (Wildman–Crippen MR) is 101 cm³/mol. The van der Waals surface area contributed by atoms with E-state index in [-0.39, 0.29) is 30.2 Å². The number of hydrogen-bond acceptors (Lipinski definition) is 5. The van der Waals surface area contributed by atoms with Gasteiger partial charge >= 0.3 is 5.97 Å². The van der Waals surface area contributed by atoms with Crippen LogP contribution >= 0.6 is 11.6 Å². The van der Waals surface area contributed by atoms with E-state index in [9.17, 15) is 19.2 Å². The summed E-state index contributed by atoms with van der Waals surface area (Å²) in [6, 6.07) is 5.95. The minimum Gasteiger partial charge on any atom is -0.454 e. The van der Waals surface area contributed by atoms with Crippen LogP contribution in [0.3, 0.4) is 0 Å². The Morgan fingerprint density at radius 3 is 2.29 bits per heavy atom. The smallest absolute Gasteiger partial charge is 0.329 e. The average Bonchev–Trinajstić information content (AvgIpc) is 2.96. The molecule has 7 nitrogen and oxygen atoms in total. The summed E-state index contributed by atoms with van der Waals surface area (Å²) in [6.07, 6.45) is 3.20. The van der Waals surface area contributed by atoms with Crippen molar-refractivity contribution in [2.75, 3.05) is 6.61 Å². The van der Waals surface area contributed by atoms with E-state index >= 15 is 0 Å². The molecule has 28 heavy (non-hydrogen) atoms. The van der Waals surface area contributed by atoms with Crippen molar-refractivity contribution in [3.05, 3.63) is 34.9 Å². The number of nitrogens with one attached hydrogen (secondary N) is 1. The van der Waals surface area contributed by atoms with E-state index < -0.39 is 24.5 Å². The molecule has 1 saturated carbocycles. The van der Waals surface area contributed by atoms with Crippen LogP contribution in [-0.4, -0.2) is 41.2 Å². The van der Waals surface area contributed by atoms with Crippen molar-refractivity contribution in [3.8, 4) is 0 Å². The third kappa shape index (κ3) is 4.35. The molecule has 0 aromatic heterocycles. The summed E-state index contributed by atoms with van der Waals surface area (Å²) >= 11 is 5.81. The molecule has 0 bridgehead atoms. The monoisotopic (exact) mass is 406 g/mol. The Morgan fingerprint density at radius 2 is 1.71 bits per heavy atom. The molecule has 1 N–H and O–H groups in total. The lowest BCUT2D eigenvalue weighted by Crippen LogP contribution is -2.45. The van der Waals surface area contributed by atoms with Crippen LogP contribution in [0.2, 0.25) is 5.02 Å². The maximum atomic E-state index is 12.5. The molecule has 2 aliphatic rings. The number of carbonyl (C=O) groups excluding carboxylic acids is 4. The Morgan fingerprint density at radius 1 is 1.14 bits per heavy atom. The number of ether oxygens (including phenoxy) is 1. The van der Waals surface area contributed by atoms with Gasteiger partial charge in [0, 0.05) is 11.6 Å². The number of rotatable bonds is 6. The topological polar surface area (TPSA) is 92.8 Å². The number of benzene rings is 1. The molecule has 2 fully saturated rings. The Kier molecular flexibility index (Phi) is 6.34. The highest BCUT2D eigenvalue weighted by Gasteiger charge is 2.51. The highest BCUT2D eigenvalue weighted by molar-refractivity contribution is 6.30. The van der Waals surface area contributed by atoms with E-state index in [0.29, 0.717) is 17.9 Å². The lowest BCUT2D eigenvalue weighted by Gasteiger charge is -2.21. The molecule has 0 spiro atoms. The largest absolute Gasteiger partial charge is 0.454 e. The number of amides is 3. The van der Waals surface area contributed by atoms with Crippen molar-refractivity contribution in [3.63, 3.8) is 0 Å². The average molecular weight is 407 g/mol. The first-order valence-corrected chi connectivity index (χ1v) is 9.81. The maximum Gasteiger partial charge on any atom is 0.329 e. The van der Waals surface area contributed by atoms with E-state index in [0.717, 1.165) is 23.3 Å². The van der Waals surface area contributed by atoms with Crippen molar-refractivity contribution in [2.24, 2.45) is 11.8 Å². The van der Waals surface area contributed by atoms with Crippen molar-refractivity contribution in [1.29, 1.82) is 0 Å². The summed E-state index contributed by atoms with van der Waals surface area (Å²) < 4.78 is 5.02. The van der Waals surface area contributed by atoms with E-state index in [1.54, 1.807) is 24.3 Å². The number of imide groups is 1. The lowest BCUT2D eigenvalue weighted by molar-refractivity contribution is -0.159. The zero-order valence-corrected chi connectivity index (χ0v) is 16.4. The van der Waals surface area contributed by atoms with Crippen LogP contribution in [0.25, 0.3) is 0 Å². The zero-order chi connectivity index (χ0) is 20.3. The second-order valence-corrected chi connectivity index (χ2v) is 7.67. The molecule has 1 aromatic rings. The summed E-state index contributed by atoms with van der Waals surface area (Å²) in [4.78, 5) is 50.3. The van der Waals surface area contributed by atoms with Gasteiger partial charge in [-0.1, -0.05) is 36.6 Å². The van der Waals surface area contributed by atoms with Crippen LogP contribution in [-0.2, 0) is 30.5 Å². The SMILES string of the molecule is C[C@@H](C(=O)OCC(=O)NCc1ccc(Cl)cc1)N1C(=O)[C@@H]2CCCC[C@H]2C1=O. The van der Waals surface area contributed by atoms with E-state index in [4.69, 9.17) is 16.3 Å². The fourth-order valence-electron chi connectivity index (χ4n) is 3.79. The van der Waals surface area contributed by atoms with Crippen LogP contribution in [0.4, 0.5) is 0 Å². The minimum absolute atomic E-state index is 0.273. The number of hydrogen-bond donors (Lipinski definition) is 1. The molecule has 1 aromatic carbocycles. The summed E-state index contributed by atoms with van der Waals surface area (Å²) in [5.41, 5.74) is 0.855. The van der Waals surface area contributed by atoms with Crippen LogP contribution < -0.4 is 5.32 Å². The fraction of sp³-hybridized carbons (Fsp3) is 0.500. The predicted octanol–water partition coefficient (Wildman–Crippen LogP) is 2.06. The van der Waals surface area contributed by atoms with Gasteiger partial charge in [0.25, 0.3) is 5.91 Å². The first-order chi connectivity index (χ1) is 13.4. The zero-order valence-electron chi connectivity index (χ0n) is 15.7. The first-order valence-electron chi connectivity index (χ1n) is 9.43. The second-order valence-electron chi connectivity index (χ2n) is 7.23. The van der Waals surface area contributed by atoms with E-state index in [1.807, 2.05) is 0 Å². The molecule has 3 atom stereocenters. The molecular weight excluding hydrogens is 384 g/mol. The number of fused-ring (bicyclic) bond motifs is 1. The third-order valence-corrected chi connectivity index (χ3v) is 5.60. The van der Waals surface area contributed by atoms with Gasteiger partial charge in [-0.15, -0.1) is 0 Å². The van der Waals surface area contributed by atoms with Gasteiger partial charge in [-0.3, -0.25) is 19.3 Å². The molecule has 0 unspecified atom stereocenters. The molecular formula is C20H23ClN2O5. The number of carbonyl (C=O) groups is 4. The van der Waals surface area contributed by atoms with Gasteiger partial charge in [0.2, 0.25) is 11.8 Å². The van der Waals surface area contributed by atoms with Crippen LogP contribution in [0.1, 0.15) is 38.2 Å². The fourth-order valence-corrected chi connectivity index (χ4v) is 3.91.